The summed E-state index contributed by atoms with van der Waals surface area (Å²) in [6.45, 7) is 0. The van der Waals surface area contributed by atoms with Crippen LogP contribution < -0.4 is 10.4 Å². The number of aromatic hydroxyl groups is 1. The molecule has 7 heteroatoms. The van der Waals surface area contributed by atoms with Crippen molar-refractivity contribution in [3.05, 3.63) is 27.7 Å². The summed E-state index contributed by atoms with van der Waals surface area (Å²) < 4.78 is 0. The van der Waals surface area contributed by atoms with E-state index < -0.39 is 12.0 Å². The lowest BCUT2D eigenvalue weighted by Crippen LogP contribution is -2.90. The highest BCUT2D eigenvalue weighted by Gasteiger charge is 2.33. The third kappa shape index (κ3) is 2.63. The molecule has 3 N–H and O–H groups in total. The molecule has 1 aromatic carbocycles. The second-order valence-corrected chi connectivity index (χ2v) is 5.72. The molecule has 92 valence electrons. The summed E-state index contributed by atoms with van der Waals surface area (Å²) in [6, 6.07) is 2.43. The number of phenols is 1. The van der Waals surface area contributed by atoms with Gasteiger partial charge < -0.3 is 20.3 Å². The average Bonchev–Trinajstić information content (AvgIpc) is 2.72. The molecular formula is C10H9Cl2NO3S. The van der Waals surface area contributed by atoms with E-state index >= 15 is 0 Å². The minimum Gasteiger partial charge on any atom is -0.544 e. The Bertz CT molecular complexity index is 469. The van der Waals surface area contributed by atoms with Crippen molar-refractivity contribution in [1.82, 2.24) is 0 Å². The normalized spacial score (nSPS) is 23.9. The van der Waals surface area contributed by atoms with Crippen molar-refractivity contribution in [2.24, 2.45) is 0 Å². The highest BCUT2D eigenvalue weighted by atomic mass is 35.5. The smallest absolute Gasteiger partial charge is 0.163 e. The number of nitrogens with two attached hydrogens (primary N) is 1. The highest BCUT2D eigenvalue weighted by Crippen LogP contribution is 2.38. The van der Waals surface area contributed by atoms with Crippen LogP contribution in [0.4, 0.5) is 0 Å². The Morgan fingerprint density at radius 3 is 2.82 bits per heavy atom. The molecule has 0 aromatic heterocycles. The van der Waals surface area contributed by atoms with Gasteiger partial charge >= 0.3 is 0 Å². The van der Waals surface area contributed by atoms with Gasteiger partial charge in [-0.15, -0.1) is 0 Å². The largest absolute Gasteiger partial charge is 0.544 e. The number of halogens is 2. The molecule has 0 spiro atoms. The van der Waals surface area contributed by atoms with Crippen LogP contribution in [0.2, 0.25) is 10.0 Å². The number of carboxylic acids is 1. The molecule has 1 saturated heterocycles. The molecule has 0 bridgehead atoms. The SMILES string of the molecule is O=C([O-])[C@@H]1CS[C@@H](c2cc(Cl)cc(Cl)c2O)[NH2+]1. The summed E-state index contributed by atoms with van der Waals surface area (Å²) in [5.41, 5.74) is 0.538. The molecule has 1 fully saturated rings. The third-order valence-electron chi connectivity index (χ3n) is 2.53. The van der Waals surface area contributed by atoms with E-state index in [1.807, 2.05) is 0 Å². The van der Waals surface area contributed by atoms with Crippen molar-refractivity contribution < 1.29 is 20.3 Å². The van der Waals surface area contributed by atoms with Crippen LogP contribution in [-0.2, 0) is 4.79 Å². The van der Waals surface area contributed by atoms with E-state index in [1.54, 1.807) is 11.4 Å². The first-order valence-corrected chi connectivity index (χ1v) is 6.65. The standard InChI is InChI=1S/C10H9Cl2NO3S/c11-4-1-5(8(14)6(12)2-4)9-13-7(3-17-9)10(15)16/h1-2,7,9,13-14H,3H2,(H,15,16)/t7-,9-/m0/s1. The Labute approximate surface area is 112 Å². The van der Waals surface area contributed by atoms with Crippen LogP contribution in [0.1, 0.15) is 10.9 Å². The Morgan fingerprint density at radius 2 is 2.24 bits per heavy atom. The Balaban J connectivity index is 2.27. The van der Waals surface area contributed by atoms with E-state index in [4.69, 9.17) is 23.2 Å². The Kier molecular flexibility index (Phi) is 3.73. The summed E-state index contributed by atoms with van der Waals surface area (Å²) in [5.74, 6) is -0.729. The van der Waals surface area contributed by atoms with Crippen LogP contribution in [0, 0.1) is 0 Å². The number of thioether (sulfide) groups is 1. The van der Waals surface area contributed by atoms with Crippen LogP contribution in [-0.4, -0.2) is 22.9 Å². The van der Waals surface area contributed by atoms with Crippen molar-refractivity contribution >= 4 is 40.9 Å². The van der Waals surface area contributed by atoms with Crippen LogP contribution in [0.5, 0.6) is 5.75 Å². The van der Waals surface area contributed by atoms with Crippen LogP contribution in [0.3, 0.4) is 0 Å². The summed E-state index contributed by atoms with van der Waals surface area (Å²) >= 11 is 13.1. The van der Waals surface area contributed by atoms with Crippen LogP contribution >= 0.6 is 35.0 Å². The zero-order valence-corrected chi connectivity index (χ0v) is 10.9. The molecular weight excluding hydrogens is 285 g/mol. The van der Waals surface area contributed by atoms with Gasteiger partial charge in [0.15, 0.2) is 5.37 Å². The second-order valence-electron chi connectivity index (χ2n) is 3.70. The Hall–Kier alpha value is -0.620. The lowest BCUT2D eigenvalue weighted by atomic mass is 10.2. The maximum Gasteiger partial charge on any atom is 0.163 e. The average molecular weight is 294 g/mol. The number of carbonyl (C=O) groups excluding carboxylic acids is 1. The number of aliphatic carboxylic acids is 1. The van der Waals surface area contributed by atoms with Gasteiger partial charge in [-0.1, -0.05) is 35.0 Å². The monoisotopic (exact) mass is 293 g/mol. The number of benzene rings is 1. The number of carboxylic acid groups (broad SMARTS) is 1. The van der Waals surface area contributed by atoms with E-state index in [-0.39, 0.29) is 16.1 Å². The van der Waals surface area contributed by atoms with Gasteiger partial charge in [0.1, 0.15) is 17.8 Å². The van der Waals surface area contributed by atoms with E-state index in [2.05, 4.69) is 0 Å². The van der Waals surface area contributed by atoms with Gasteiger partial charge in [0.25, 0.3) is 0 Å². The molecule has 1 aromatic rings. The summed E-state index contributed by atoms with van der Waals surface area (Å²) in [7, 11) is 0. The lowest BCUT2D eigenvalue weighted by Gasteiger charge is -2.13. The molecule has 4 nitrogen and oxygen atoms in total. The van der Waals surface area contributed by atoms with E-state index in [0.29, 0.717) is 16.3 Å². The fraction of sp³-hybridized carbons (Fsp3) is 0.300. The molecule has 0 amide bonds. The first-order chi connectivity index (χ1) is 7.99. The maximum atomic E-state index is 10.7. The van der Waals surface area contributed by atoms with Gasteiger partial charge in [0.2, 0.25) is 0 Å². The minimum atomic E-state index is -1.10. The van der Waals surface area contributed by atoms with E-state index in [9.17, 15) is 15.0 Å². The van der Waals surface area contributed by atoms with Crippen molar-refractivity contribution in [2.45, 2.75) is 11.4 Å². The third-order valence-corrected chi connectivity index (χ3v) is 4.36. The number of hydrogen-bond acceptors (Lipinski definition) is 4. The predicted octanol–water partition coefficient (Wildman–Crippen LogP) is 0.126. The summed E-state index contributed by atoms with van der Waals surface area (Å²) in [4.78, 5) is 10.7. The Morgan fingerprint density at radius 1 is 1.53 bits per heavy atom. The van der Waals surface area contributed by atoms with E-state index in [1.165, 1.54) is 17.8 Å². The van der Waals surface area contributed by atoms with Gasteiger partial charge in [0.05, 0.1) is 16.3 Å². The molecule has 17 heavy (non-hydrogen) atoms. The van der Waals surface area contributed by atoms with Gasteiger partial charge in [-0.3, -0.25) is 0 Å². The van der Waals surface area contributed by atoms with Gasteiger partial charge in [0, 0.05) is 5.02 Å². The topological polar surface area (TPSA) is 77.0 Å². The van der Waals surface area contributed by atoms with Crippen LogP contribution in [0.15, 0.2) is 12.1 Å². The highest BCUT2D eigenvalue weighted by molar-refractivity contribution is 7.99. The molecule has 1 aliphatic rings. The molecule has 2 atom stereocenters. The number of rotatable bonds is 2. The molecule has 0 saturated carbocycles. The fourth-order valence-corrected chi connectivity index (χ4v) is 3.50. The second kappa shape index (κ2) is 4.94. The first-order valence-electron chi connectivity index (χ1n) is 4.84. The zero-order chi connectivity index (χ0) is 12.6. The number of quaternary nitrogens is 1. The number of phenolic OH excluding ortho intramolecular Hbond substituents is 1. The van der Waals surface area contributed by atoms with Crippen molar-refractivity contribution in [3.8, 4) is 5.75 Å². The molecule has 2 rings (SSSR count). The molecule has 0 unspecified atom stereocenters. The first kappa shape index (κ1) is 12.8. The zero-order valence-electron chi connectivity index (χ0n) is 8.52. The fourth-order valence-electron chi connectivity index (χ4n) is 1.67. The number of carbonyl (C=O) groups is 1. The quantitative estimate of drug-likeness (QED) is 0.812. The molecule has 0 radical (unpaired) electrons. The maximum absolute atomic E-state index is 10.7. The van der Waals surface area contributed by atoms with Gasteiger partial charge in [-0.2, -0.15) is 0 Å². The van der Waals surface area contributed by atoms with Crippen molar-refractivity contribution in [1.29, 1.82) is 0 Å². The number of hydrogen-bond donors (Lipinski definition) is 2. The summed E-state index contributed by atoms with van der Waals surface area (Å²) in [5, 5.41) is 22.5. The lowest BCUT2D eigenvalue weighted by molar-refractivity contribution is -0.690. The molecule has 0 aliphatic carbocycles. The minimum absolute atomic E-state index is 0.0520. The predicted molar refractivity (Wildman–Crippen MR) is 64.0 cm³/mol. The molecule has 1 aliphatic heterocycles. The van der Waals surface area contributed by atoms with Crippen LogP contribution in [0.25, 0.3) is 0 Å². The van der Waals surface area contributed by atoms with Crippen molar-refractivity contribution in [3.63, 3.8) is 0 Å². The van der Waals surface area contributed by atoms with Crippen molar-refractivity contribution in [2.75, 3.05) is 5.75 Å². The summed E-state index contributed by atoms with van der Waals surface area (Å²) in [6.07, 6.45) is 0. The van der Waals surface area contributed by atoms with E-state index in [0.717, 1.165) is 0 Å². The van der Waals surface area contributed by atoms with Gasteiger partial charge in [-0.05, 0) is 12.1 Å². The molecule has 1 heterocycles. The van der Waals surface area contributed by atoms with Gasteiger partial charge in [-0.25, -0.2) is 0 Å².